The van der Waals surface area contributed by atoms with Crippen LogP contribution in [0.4, 0.5) is 0 Å². The molecule has 0 amide bonds. The summed E-state index contributed by atoms with van der Waals surface area (Å²) < 4.78 is 27.7. The van der Waals surface area contributed by atoms with Crippen molar-refractivity contribution in [2.75, 3.05) is 12.4 Å². The second-order valence-corrected chi connectivity index (χ2v) is 7.38. The van der Waals surface area contributed by atoms with E-state index in [1.54, 1.807) is 0 Å². The molecule has 4 nitrogen and oxygen atoms in total. The summed E-state index contributed by atoms with van der Waals surface area (Å²) in [5.41, 5.74) is 2.32. The lowest BCUT2D eigenvalue weighted by Gasteiger charge is -2.19. The lowest BCUT2D eigenvalue weighted by atomic mass is 9.94. The van der Waals surface area contributed by atoms with Crippen LogP contribution in [0.5, 0.6) is 5.75 Å². The van der Waals surface area contributed by atoms with Crippen LogP contribution in [0.25, 0.3) is 0 Å². The van der Waals surface area contributed by atoms with Gasteiger partial charge in [0.05, 0.1) is 12.4 Å². The van der Waals surface area contributed by atoms with Crippen molar-refractivity contribution in [2.45, 2.75) is 46.0 Å². The van der Waals surface area contributed by atoms with Crippen molar-refractivity contribution in [3.63, 3.8) is 0 Å². The molecule has 0 atom stereocenters. The van der Waals surface area contributed by atoms with Crippen molar-refractivity contribution >= 4 is 10.0 Å². The molecule has 1 aromatic carbocycles. The summed E-state index contributed by atoms with van der Waals surface area (Å²) in [6.45, 7) is 8.85. The Hall–Kier alpha value is -1.07. The van der Waals surface area contributed by atoms with Crippen LogP contribution in [0.1, 0.15) is 57.1 Å². The zero-order valence-corrected chi connectivity index (χ0v) is 13.5. The molecule has 0 unspecified atom stereocenters. The van der Waals surface area contributed by atoms with Crippen LogP contribution in [0.15, 0.2) is 18.2 Å². The highest BCUT2D eigenvalue weighted by Gasteiger charge is 2.15. The van der Waals surface area contributed by atoms with Gasteiger partial charge in [-0.25, -0.2) is 13.6 Å². The summed E-state index contributed by atoms with van der Waals surface area (Å²) in [7, 11) is -3.41. The fourth-order valence-corrected chi connectivity index (χ4v) is 2.60. The first-order valence-electron chi connectivity index (χ1n) is 6.98. The van der Waals surface area contributed by atoms with Crippen molar-refractivity contribution in [3.8, 4) is 5.75 Å². The van der Waals surface area contributed by atoms with E-state index in [4.69, 9.17) is 9.88 Å². The quantitative estimate of drug-likeness (QED) is 0.787. The van der Waals surface area contributed by atoms with Crippen LogP contribution in [0.3, 0.4) is 0 Å². The molecule has 2 N–H and O–H groups in total. The standard InChI is InChI=1S/C15H25NO3S/c1-11(2)13-7-5-8-14(12(3)4)15(13)19-9-6-10-20(16,17)18/h5,7-8,11-12H,6,9-10H2,1-4H3,(H2,16,17,18). The van der Waals surface area contributed by atoms with Crippen molar-refractivity contribution < 1.29 is 13.2 Å². The Morgan fingerprint density at radius 1 is 1.10 bits per heavy atom. The molecule has 1 rings (SSSR count). The minimum atomic E-state index is -3.41. The van der Waals surface area contributed by atoms with Gasteiger partial charge in [-0.05, 0) is 29.4 Å². The van der Waals surface area contributed by atoms with Gasteiger partial charge < -0.3 is 4.74 Å². The van der Waals surface area contributed by atoms with E-state index in [-0.39, 0.29) is 5.75 Å². The first kappa shape index (κ1) is 17.0. The van der Waals surface area contributed by atoms with Crippen LogP contribution in [0.2, 0.25) is 0 Å². The lowest BCUT2D eigenvalue weighted by Crippen LogP contribution is -2.18. The number of benzene rings is 1. The van der Waals surface area contributed by atoms with Crippen LogP contribution < -0.4 is 9.88 Å². The Balaban J connectivity index is 2.86. The monoisotopic (exact) mass is 299 g/mol. The van der Waals surface area contributed by atoms with E-state index in [9.17, 15) is 8.42 Å². The van der Waals surface area contributed by atoms with Crippen LogP contribution in [-0.2, 0) is 10.0 Å². The van der Waals surface area contributed by atoms with Gasteiger partial charge in [0, 0.05) is 0 Å². The van der Waals surface area contributed by atoms with E-state index in [0.29, 0.717) is 24.9 Å². The molecule has 114 valence electrons. The van der Waals surface area contributed by atoms with Gasteiger partial charge in [0.25, 0.3) is 0 Å². The third-order valence-electron chi connectivity index (χ3n) is 3.14. The summed E-state index contributed by atoms with van der Waals surface area (Å²) in [6.07, 6.45) is 0.406. The number of nitrogens with two attached hydrogens (primary N) is 1. The summed E-state index contributed by atoms with van der Waals surface area (Å²) in [5.74, 6) is 1.57. The molecule has 1 aromatic rings. The molecule has 0 radical (unpaired) electrons. The van der Waals surface area contributed by atoms with E-state index in [1.165, 1.54) is 0 Å². The largest absolute Gasteiger partial charge is 0.493 e. The molecule has 0 aromatic heterocycles. The molecule has 0 aliphatic rings. The normalized spacial score (nSPS) is 12.2. The smallest absolute Gasteiger partial charge is 0.209 e. The molecule has 5 heteroatoms. The maximum absolute atomic E-state index is 10.9. The van der Waals surface area contributed by atoms with E-state index < -0.39 is 10.0 Å². The van der Waals surface area contributed by atoms with Crippen LogP contribution in [-0.4, -0.2) is 20.8 Å². The number of primary sulfonamides is 1. The molecule has 0 saturated carbocycles. The number of sulfonamides is 1. The summed E-state index contributed by atoms with van der Waals surface area (Å²) in [6, 6.07) is 6.17. The maximum Gasteiger partial charge on any atom is 0.209 e. The number of rotatable bonds is 7. The zero-order chi connectivity index (χ0) is 15.3. The minimum Gasteiger partial charge on any atom is -0.493 e. The fourth-order valence-electron chi connectivity index (χ4n) is 2.08. The summed E-state index contributed by atoms with van der Waals surface area (Å²) in [4.78, 5) is 0. The summed E-state index contributed by atoms with van der Waals surface area (Å²) in [5, 5.41) is 4.99. The van der Waals surface area contributed by atoms with Gasteiger partial charge in [-0.15, -0.1) is 0 Å². The van der Waals surface area contributed by atoms with E-state index >= 15 is 0 Å². The average molecular weight is 299 g/mol. The second kappa shape index (κ2) is 7.09. The molecule has 0 aliphatic heterocycles. The van der Waals surface area contributed by atoms with Gasteiger partial charge in [0.1, 0.15) is 5.75 Å². The molecule has 0 saturated heterocycles. The molecule has 0 spiro atoms. The second-order valence-electron chi connectivity index (χ2n) is 5.64. The average Bonchev–Trinajstić information content (AvgIpc) is 2.32. The summed E-state index contributed by atoms with van der Waals surface area (Å²) >= 11 is 0. The van der Waals surface area contributed by atoms with Gasteiger partial charge in [0.2, 0.25) is 10.0 Å². The number of hydrogen-bond donors (Lipinski definition) is 1. The maximum atomic E-state index is 10.9. The van der Waals surface area contributed by atoms with E-state index in [2.05, 4.69) is 39.8 Å². The highest BCUT2D eigenvalue weighted by atomic mass is 32.2. The molecular formula is C15H25NO3S. The van der Waals surface area contributed by atoms with Crippen molar-refractivity contribution in [2.24, 2.45) is 5.14 Å². The number of ether oxygens (including phenoxy) is 1. The van der Waals surface area contributed by atoms with Gasteiger partial charge >= 0.3 is 0 Å². The number of para-hydroxylation sites is 1. The fraction of sp³-hybridized carbons (Fsp3) is 0.600. The first-order chi connectivity index (χ1) is 9.22. The van der Waals surface area contributed by atoms with Crippen molar-refractivity contribution in [1.82, 2.24) is 0 Å². The SMILES string of the molecule is CC(C)c1cccc(C(C)C)c1OCCCS(N)(=O)=O. The van der Waals surface area contributed by atoms with Gasteiger partial charge in [0.15, 0.2) is 0 Å². The predicted octanol–water partition coefficient (Wildman–Crippen LogP) is 2.99. The Morgan fingerprint density at radius 3 is 2.00 bits per heavy atom. The Bertz CT molecular complexity index is 510. The van der Waals surface area contributed by atoms with Gasteiger partial charge in [-0.1, -0.05) is 45.9 Å². The first-order valence-corrected chi connectivity index (χ1v) is 8.70. The molecule has 0 aliphatic carbocycles. The third-order valence-corrected chi connectivity index (χ3v) is 4.00. The minimum absolute atomic E-state index is 0.0478. The Kier molecular flexibility index (Phi) is 6.02. The molecule has 0 bridgehead atoms. The predicted molar refractivity (Wildman–Crippen MR) is 82.7 cm³/mol. The molecule has 20 heavy (non-hydrogen) atoms. The van der Waals surface area contributed by atoms with Crippen LogP contribution in [0, 0.1) is 0 Å². The Labute approximate surface area is 122 Å². The molecule has 0 fully saturated rings. The molecule has 0 heterocycles. The highest BCUT2D eigenvalue weighted by Crippen LogP contribution is 2.34. The molecular weight excluding hydrogens is 274 g/mol. The zero-order valence-electron chi connectivity index (χ0n) is 12.7. The number of hydrogen-bond acceptors (Lipinski definition) is 3. The highest BCUT2D eigenvalue weighted by molar-refractivity contribution is 7.89. The Morgan fingerprint density at radius 2 is 1.60 bits per heavy atom. The lowest BCUT2D eigenvalue weighted by molar-refractivity contribution is 0.309. The van der Waals surface area contributed by atoms with E-state index in [0.717, 1.165) is 16.9 Å². The van der Waals surface area contributed by atoms with Crippen molar-refractivity contribution in [3.05, 3.63) is 29.3 Å². The topological polar surface area (TPSA) is 69.4 Å². The van der Waals surface area contributed by atoms with Gasteiger partial charge in [-0.2, -0.15) is 0 Å². The van der Waals surface area contributed by atoms with E-state index in [1.807, 2.05) is 6.07 Å². The van der Waals surface area contributed by atoms with Crippen LogP contribution >= 0.6 is 0 Å². The van der Waals surface area contributed by atoms with Crippen molar-refractivity contribution in [1.29, 1.82) is 0 Å². The third kappa shape index (κ3) is 5.13. The van der Waals surface area contributed by atoms with Gasteiger partial charge in [-0.3, -0.25) is 0 Å².